The van der Waals surface area contributed by atoms with Crippen LogP contribution >= 0.6 is 0 Å². The average Bonchev–Trinajstić information content (AvgIpc) is 3.44. The number of methoxy groups -OCH3 is 1. The number of ether oxygens (including phenoxy) is 5. The number of carbonyl (C=O) groups is 2. The number of hydrogen-bond donors (Lipinski definition) is 3. The number of carbonyl (C=O) groups excluding carboxylic acids is 2. The van der Waals surface area contributed by atoms with Gasteiger partial charge in [-0.05, 0) is 75.0 Å². The molecular formula is C32H46O10. The molecule has 3 N–H and O–H groups in total. The highest BCUT2D eigenvalue weighted by atomic mass is 16.7. The first-order valence-electron chi connectivity index (χ1n) is 15.5. The van der Waals surface area contributed by atoms with Gasteiger partial charge in [0, 0.05) is 43.1 Å². The molecule has 2 aliphatic heterocycles. The Kier molecular flexibility index (Phi) is 7.67. The van der Waals surface area contributed by atoms with Crippen LogP contribution < -0.4 is 0 Å². The molecule has 2 heterocycles. The molecule has 10 nitrogen and oxygen atoms in total. The fourth-order valence-electron chi connectivity index (χ4n) is 9.85. The van der Waals surface area contributed by atoms with Crippen molar-refractivity contribution in [2.24, 2.45) is 28.6 Å². The van der Waals surface area contributed by atoms with Crippen molar-refractivity contribution < 1.29 is 48.6 Å². The van der Waals surface area contributed by atoms with Gasteiger partial charge in [0.15, 0.2) is 6.29 Å². The number of cyclic esters (lactones) is 1. The molecule has 0 aromatic heterocycles. The van der Waals surface area contributed by atoms with Crippen molar-refractivity contribution in [3.8, 4) is 0 Å². The highest BCUT2D eigenvalue weighted by Gasteiger charge is 2.68. The second-order valence-electron chi connectivity index (χ2n) is 14.1. The molecule has 6 rings (SSSR count). The Balaban J connectivity index is 1.21. The van der Waals surface area contributed by atoms with E-state index in [4.69, 9.17) is 23.7 Å². The van der Waals surface area contributed by atoms with Gasteiger partial charge in [-0.3, -0.25) is 4.79 Å². The minimum Gasteiger partial charge on any atom is -0.458 e. The van der Waals surface area contributed by atoms with Gasteiger partial charge in [0.05, 0.1) is 17.8 Å². The average molecular weight is 591 g/mol. The van der Waals surface area contributed by atoms with E-state index >= 15 is 0 Å². The number of hydrogen-bond acceptors (Lipinski definition) is 10. The maximum Gasteiger partial charge on any atom is 0.331 e. The predicted molar refractivity (Wildman–Crippen MR) is 148 cm³/mol. The number of fused-ring (bicyclic) bond motifs is 5. The van der Waals surface area contributed by atoms with E-state index in [1.807, 2.05) is 0 Å². The van der Waals surface area contributed by atoms with Crippen LogP contribution in [0.4, 0.5) is 0 Å². The fourth-order valence-corrected chi connectivity index (χ4v) is 9.85. The van der Waals surface area contributed by atoms with Gasteiger partial charge in [-0.2, -0.15) is 0 Å². The zero-order chi connectivity index (χ0) is 30.2. The van der Waals surface area contributed by atoms with E-state index in [0.29, 0.717) is 17.3 Å². The Hall–Kier alpha value is -1.82. The molecular weight excluding hydrogens is 544 g/mol. The predicted octanol–water partition coefficient (Wildman–Crippen LogP) is 2.92. The molecule has 234 valence electrons. The lowest BCUT2D eigenvalue weighted by Gasteiger charge is -2.63. The molecule has 0 amide bonds. The summed E-state index contributed by atoms with van der Waals surface area (Å²) in [6.45, 7) is 7.68. The monoisotopic (exact) mass is 590 g/mol. The molecule has 10 heteroatoms. The number of aliphatic hydroxyl groups excluding tert-OH is 2. The normalized spacial score (nSPS) is 48.6. The zero-order valence-electron chi connectivity index (χ0n) is 25.3. The second-order valence-corrected chi connectivity index (χ2v) is 14.1. The van der Waals surface area contributed by atoms with E-state index < -0.39 is 53.7 Å². The molecule has 3 saturated carbocycles. The van der Waals surface area contributed by atoms with Crippen molar-refractivity contribution in [1.82, 2.24) is 0 Å². The van der Waals surface area contributed by atoms with E-state index in [9.17, 15) is 24.9 Å². The van der Waals surface area contributed by atoms with Crippen LogP contribution in [0.25, 0.3) is 0 Å². The van der Waals surface area contributed by atoms with Gasteiger partial charge in [-0.25, -0.2) is 4.79 Å². The second kappa shape index (κ2) is 10.7. The minimum absolute atomic E-state index is 0.000475. The van der Waals surface area contributed by atoms with Crippen molar-refractivity contribution >= 4 is 11.9 Å². The fraction of sp³-hybridized carbons (Fsp3) is 0.812. The number of aliphatic hydroxyl groups is 3. The van der Waals surface area contributed by atoms with Crippen molar-refractivity contribution in [1.29, 1.82) is 0 Å². The molecule has 0 bridgehead atoms. The molecule has 4 fully saturated rings. The number of rotatable bonds is 5. The highest BCUT2D eigenvalue weighted by molar-refractivity contribution is 5.87. The van der Waals surface area contributed by atoms with Crippen LogP contribution in [0.5, 0.6) is 0 Å². The van der Waals surface area contributed by atoms with Crippen molar-refractivity contribution in [2.45, 2.75) is 121 Å². The first kappa shape index (κ1) is 30.2. The Morgan fingerprint density at radius 1 is 1.07 bits per heavy atom. The van der Waals surface area contributed by atoms with Gasteiger partial charge in [0.2, 0.25) is 0 Å². The van der Waals surface area contributed by atoms with Crippen molar-refractivity contribution in [3.05, 3.63) is 23.0 Å². The lowest BCUT2D eigenvalue weighted by molar-refractivity contribution is -0.313. The molecule has 0 spiro atoms. The van der Waals surface area contributed by atoms with Gasteiger partial charge in [-0.15, -0.1) is 0 Å². The Morgan fingerprint density at radius 2 is 1.83 bits per heavy atom. The molecule has 6 unspecified atom stereocenters. The van der Waals surface area contributed by atoms with Crippen LogP contribution in [-0.2, 0) is 33.3 Å². The molecule has 12 atom stereocenters. The Morgan fingerprint density at radius 3 is 2.50 bits per heavy atom. The third kappa shape index (κ3) is 4.51. The van der Waals surface area contributed by atoms with Crippen LogP contribution in [0, 0.1) is 28.6 Å². The third-order valence-corrected chi connectivity index (χ3v) is 12.1. The summed E-state index contributed by atoms with van der Waals surface area (Å²) in [6, 6.07) is 0. The van der Waals surface area contributed by atoms with Gasteiger partial charge in [0.25, 0.3) is 0 Å². The van der Waals surface area contributed by atoms with Crippen molar-refractivity contribution in [2.75, 3.05) is 13.7 Å². The zero-order valence-corrected chi connectivity index (χ0v) is 25.3. The minimum atomic E-state index is -1.10. The summed E-state index contributed by atoms with van der Waals surface area (Å²) in [5.74, 6) is 0.323. The topological polar surface area (TPSA) is 141 Å². The summed E-state index contributed by atoms with van der Waals surface area (Å²) in [4.78, 5) is 24.1. The standard InChI is InChI=1S/C32H46O10/c1-16-26(35)28(38-5)27(36)29(40-16)42-20-8-10-30(3)19(13-20)6-7-22-21(30)9-11-31(4)25(18-12-24(34)39-15-18)23(41-17(2)33)14-32(22,31)37/h12,16,19-22,26-29,35-37H,6-11,13-15H2,1-5H3/t16-,19?,20+,21?,22?,26+,27-,28+,29+,30?,31?,32?/m1/s1. The summed E-state index contributed by atoms with van der Waals surface area (Å²) in [6.07, 6.45) is 3.48. The van der Waals surface area contributed by atoms with Crippen LogP contribution in [0.15, 0.2) is 23.0 Å². The molecule has 6 aliphatic rings. The Bertz CT molecular complexity index is 1180. The number of esters is 2. The Labute approximate surface area is 247 Å². The largest absolute Gasteiger partial charge is 0.458 e. The summed E-state index contributed by atoms with van der Waals surface area (Å²) >= 11 is 0. The SMILES string of the molecule is CO[C@H]1[C@@H](O)[C@@H](C)O[C@@H](O[C@H]2CCC3(C)C(CCC4C3CCC3(C)C(C5=CC(=O)OC5)=C(OC(C)=O)CC43O)C2)[C@@H]1O. The maximum absolute atomic E-state index is 12.7. The van der Waals surface area contributed by atoms with E-state index in [2.05, 4.69) is 13.8 Å². The van der Waals surface area contributed by atoms with E-state index in [1.165, 1.54) is 20.1 Å². The molecule has 4 aliphatic carbocycles. The lowest BCUT2D eigenvalue weighted by Crippen LogP contribution is -2.62. The smallest absolute Gasteiger partial charge is 0.331 e. The van der Waals surface area contributed by atoms with Gasteiger partial charge >= 0.3 is 11.9 Å². The van der Waals surface area contributed by atoms with Crippen LogP contribution in [0.2, 0.25) is 0 Å². The van der Waals surface area contributed by atoms with Gasteiger partial charge < -0.3 is 39.0 Å². The quantitative estimate of drug-likeness (QED) is 0.323. The van der Waals surface area contributed by atoms with E-state index in [1.54, 1.807) is 6.92 Å². The van der Waals surface area contributed by atoms with E-state index in [0.717, 1.165) is 50.5 Å². The van der Waals surface area contributed by atoms with Crippen LogP contribution in [-0.4, -0.2) is 83.4 Å². The molecule has 0 radical (unpaired) electrons. The first-order chi connectivity index (χ1) is 19.8. The summed E-state index contributed by atoms with van der Waals surface area (Å²) in [7, 11) is 1.47. The van der Waals surface area contributed by atoms with Crippen LogP contribution in [0.3, 0.4) is 0 Å². The summed E-state index contributed by atoms with van der Waals surface area (Å²) < 4.78 is 28.5. The van der Waals surface area contributed by atoms with Crippen molar-refractivity contribution in [3.63, 3.8) is 0 Å². The van der Waals surface area contributed by atoms with Gasteiger partial charge in [-0.1, -0.05) is 13.8 Å². The third-order valence-electron chi connectivity index (χ3n) is 12.1. The first-order valence-corrected chi connectivity index (χ1v) is 15.5. The molecule has 0 aromatic carbocycles. The maximum atomic E-state index is 12.7. The lowest BCUT2D eigenvalue weighted by atomic mass is 9.43. The highest BCUT2D eigenvalue weighted by Crippen LogP contribution is 2.69. The van der Waals surface area contributed by atoms with Crippen LogP contribution in [0.1, 0.15) is 79.1 Å². The van der Waals surface area contributed by atoms with E-state index in [-0.39, 0.29) is 36.4 Å². The molecule has 0 aromatic rings. The molecule has 42 heavy (non-hydrogen) atoms. The molecule has 1 saturated heterocycles. The summed E-state index contributed by atoms with van der Waals surface area (Å²) in [5.41, 5.74) is -0.282. The van der Waals surface area contributed by atoms with Gasteiger partial charge in [0.1, 0.15) is 30.7 Å². The summed E-state index contributed by atoms with van der Waals surface area (Å²) in [5, 5.41) is 33.8.